The fraction of sp³-hybridized carbons (Fsp3) is 0.286. The predicted molar refractivity (Wildman–Crippen MR) is 96.6 cm³/mol. The molecule has 0 heterocycles. The zero-order valence-corrected chi connectivity index (χ0v) is 14.2. The van der Waals surface area contributed by atoms with Gasteiger partial charge in [-0.15, -0.1) is 0 Å². The molecule has 1 aromatic rings. The molecule has 2 aliphatic rings. The molecular weight excluding hydrogens is 316 g/mol. The average molecular weight is 338 g/mol. The van der Waals surface area contributed by atoms with Crippen molar-refractivity contribution in [1.29, 1.82) is 0 Å². The van der Waals surface area contributed by atoms with Gasteiger partial charge in [0.2, 0.25) is 0 Å². The second-order valence-corrected chi connectivity index (χ2v) is 6.31. The van der Waals surface area contributed by atoms with E-state index in [0.29, 0.717) is 24.5 Å². The lowest BCUT2D eigenvalue weighted by Crippen LogP contribution is -2.17. The number of carbonyl (C=O) groups is 1. The molecule has 0 aromatic heterocycles. The molecule has 2 atom stereocenters. The van der Waals surface area contributed by atoms with Gasteiger partial charge < -0.3 is 14.6 Å². The Morgan fingerprint density at radius 1 is 1.12 bits per heavy atom. The molecule has 0 spiro atoms. The number of hydrogen-bond donors (Lipinski definition) is 1. The minimum absolute atomic E-state index is 0.201. The maximum atomic E-state index is 12.1. The highest BCUT2D eigenvalue weighted by Crippen LogP contribution is 2.20. The number of carbonyl (C=O) groups excluding carboxylic acids is 1. The van der Waals surface area contributed by atoms with E-state index in [-0.39, 0.29) is 17.8 Å². The van der Waals surface area contributed by atoms with Gasteiger partial charge >= 0.3 is 5.97 Å². The molecule has 0 bridgehead atoms. The van der Waals surface area contributed by atoms with Crippen LogP contribution in [-0.4, -0.2) is 23.8 Å². The lowest BCUT2D eigenvalue weighted by Gasteiger charge is -2.16. The van der Waals surface area contributed by atoms with Crippen LogP contribution in [-0.2, 0) is 4.74 Å². The Labute approximate surface area is 147 Å². The molecule has 0 aliphatic heterocycles. The van der Waals surface area contributed by atoms with Gasteiger partial charge in [0.1, 0.15) is 17.6 Å². The lowest BCUT2D eigenvalue weighted by molar-refractivity contribution is 0.0395. The van der Waals surface area contributed by atoms with E-state index in [1.165, 1.54) is 11.6 Å². The zero-order valence-electron chi connectivity index (χ0n) is 14.2. The molecule has 2 unspecified atom stereocenters. The first-order valence-electron chi connectivity index (χ1n) is 8.46. The molecule has 0 saturated heterocycles. The van der Waals surface area contributed by atoms with Crippen LogP contribution in [0, 0.1) is 5.92 Å². The Kier molecular flexibility index (Phi) is 5.39. The monoisotopic (exact) mass is 338 g/mol. The van der Waals surface area contributed by atoms with Crippen molar-refractivity contribution in [3.8, 4) is 5.75 Å². The summed E-state index contributed by atoms with van der Waals surface area (Å²) in [5.41, 5.74) is 1.77. The summed E-state index contributed by atoms with van der Waals surface area (Å²) in [5.74, 6) is 0.941. The van der Waals surface area contributed by atoms with Crippen molar-refractivity contribution < 1.29 is 19.4 Å². The third-order valence-electron chi connectivity index (χ3n) is 4.23. The average Bonchev–Trinajstić information content (AvgIpc) is 2.63. The maximum Gasteiger partial charge on any atom is 0.338 e. The molecule has 0 saturated carbocycles. The molecule has 0 amide bonds. The maximum absolute atomic E-state index is 12.1. The number of benzene rings is 1. The minimum Gasteiger partial charge on any atom is -0.508 e. The molecule has 4 nitrogen and oxygen atoms in total. The summed E-state index contributed by atoms with van der Waals surface area (Å²) in [6.45, 7) is 2.71. The summed E-state index contributed by atoms with van der Waals surface area (Å²) in [6.07, 6.45) is 12.5. The van der Waals surface area contributed by atoms with Gasteiger partial charge in [0, 0.05) is 12.3 Å². The highest BCUT2D eigenvalue weighted by Gasteiger charge is 2.15. The first-order chi connectivity index (χ1) is 12.1. The predicted octanol–water partition coefficient (Wildman–Crippen LogP) is 4.52. The largest absolute Gasteiger partial charge is 0.508 e. The summed E-state index contributed by atoms with van der Waals surface area (Å²) in [6, 6.07) is 6.98. The van der Waals surface area contributed by atoms with E-state index >= 15 is 0 Å². The summed E-state index contributed by atoms with van der Waals surface area (Å²) >= 11 is 0. The Balaban J connectivity index is 1.49. The molecule has 130 valence electrons. The van der Waals surface area contributed by atoms with E-state index in [1.807, 2.05) is 0 Å². The number of aliphatic hydroxyl groups excluding tert-OH is 1. The summed E-state index contributed by atoms with van der Waals surface area (Å²) in [5, 5.41) is 9.28. The highest BCUT2D eigenvalue weighted by atomic mass is 16.5. The number of aliphatic hydroxyl groups is 1. The van der Waals surface area contributed by atoms with Crippen molar-refractivity contribution in [2.45, 2.75) is 25.9 Å². The highest BCUT2D eigenvalue weighted by molar-refractivity contribution is 5.89. The fourth-order valence-electron chi connectivity index (χ4n) is 2.67. The Morgan fingerprint density at radius 3 is 2.56 bits per heavy atom. The van der Waals surface area contributed by atoms with Crippen LogP contribution >= 0.6 is 0 Å². The van der Waals surface area contributed by atoms with Crippen molar-refractivity contribution in [2.24, 2.45) is 5.92 Å². The first-order valence-corrected chi connectivity index (χ1v) is 8.46. The minimum atomic E-state index is -0.383. The fourth-order valence-corrected chi connectivity index (χ4v) is 2.67. The number of allylic oxidation sites excluding steroid dienone is 4. The number of rotatable bonds is 5. The Hall–Kier alpha value is -2.75. The molecule has 0 fully saturated rings. The molecule has 1 N–H and O–H groups in total. The van der Waals surface area contributed by atoms with Gasteiger partial charge in [-0.1, -0.05) is 23.8 Å². The van der Waals surface area contributed by atoms with Gasteiger partial charge in [-0.2, -0.15) is 0 Å². The molecular formula is C21H22O4. The van der Waals surface area contributed by atoms with Crippen molar-refractivity contribution in [2.75, 3.05) is 6.61 Å². The third kappa shape index (κ3) is 4.86. The Bertz CT molecular complexity index is 738. The first kappa shape index (κ1) is 17.1. The summed E-state index contributed by atoms with van der Waals surface area (Å²) in [4.78, 5) is 12.1. The molecule has 0 radical (unpaired) electrons. The van der Waals surface area contributed by atoms with Crippen molar-refractivity contribution in [1.82, 2.24) is 0 Å². The number of hydrogen-bond acceptors (Lipinski definition) is 4. The van der Waals surface area contributed by atoms with Gasteiger partial charge in [0.15, 0.2) is 0 Å². The van der Waals surface area contributed by atoms with Crippen LogP contribution in [0.15, 0.2) is 72.1 Å². The number of ether oxygens (including phenoxy) is 2. The quantitative estimate of drug-likeness (QED) is 0.802. The van der Waals surface area contributed by atoms with E-state index in [2.05, 4.69) is 25.2 Å². The van der Waals surface area contributed by atoms with Gasteiger partial charge in [-0.05, 0) is 55.8 Å². The third-order valence-corrected chi connectivity index (χ3v) is 4.23. The van der Waals surface area contributed by atoms with Crippen LogP contribution in [0.2, 0.25) is 0 Å². The second-order valence-electron chi connectivity index (χ2n) is 6.31. The second kappa shape index (κ2) is 7.88. The number of esters is 1. The van der Waals surface area contributed by atoms with Crippen LogP contribution in [0.3, 0.4) is 0 Å². The van der Waals surface area contributed by atoms with Gasteiger partial charge in [-0.3, -0.25) is 0 Å². The molecule has 25 heavy (non-hydrogen) atoms. The van der Waals surface area contributed by atoms with Crippen molar-refractivity contribution >= 4 is 5.97 Å². The van der Waals surface area contributed by atoms with Crippen LogP contribution < -0.4 is 4.74 Å². The van der Waals surface area contributed by atoms with Crippen LogP contribution in [0.5, 0.6) is 5.75 Å². The molecule has 2 aliphatic carbocycles. The lowest BCUT2D eigenvalue weighted by atomic mass is 9.98. The molecule has 1 aromatic carbocycles. The zero-order chi connectivity index (χ0) is 17.6. The van der Waals surface area contributed by atoms with Crippen LogP contribution in [0.4, 0.5) is 0 Å². The van der Waals surface area contributed by atoms with Crippen LogP contribution in [0.1, 0.15) is 30.1 Å². The van der Waals surface area contributed by atoms with E-state index in [4.69, 9.17) is 9.47 Å². The standard InChI is InChI=1S/C21H22O4/c1-15-2-4-16(5-3-15)14-24-19-10-6-17(7-11-19)21(23)25-20-12-8-18(22)9-13-20/h2-4,6-12,16,20,22H,5,13-14H2,1H3. The smallest absolute Gasteiger partial charge is 0.338 e. The van der Waals surface area contributed by atoms with E-state index < -0.39 is 0 Å². The molecule has 3 rings (SSSR count). The van der Waals surface area contributed by atoms with Crippen LogP contribution in [0.25, 0.3) is 0 Å². The van der Waals surface area contributed by atoms with E-state index in [9.17, 15) is 9.90 Å². The van der Waals surface area contributed by atoms with Crippen molar-refractivity contribution in [3.05, 3.63) is 77.6 Å². The Morgan fingerprint density at radius 2 is 1.92 bits per heavy atom. The SMILES string of the molecule is CC1=CCC(COc2ccc(C(=O)OC3C=CC(O)=CC3)cc2)C=C1. The van der Waals surface area contributed by atoms with E-state index in [1.54, 1.807) is 36.4 Å². The summed E-state index contributed by atoms with van der Waals surface area (Å²) in [7, 11) is 0. The van der Waals surface area contributed by atoms with Gasteiger partial charge in [0.05, 0.1) is 12.2 Å². The summed E-state index contributed by atoms with van der Waals surface area (Å²) < 4.78 is 11.2. The van der Waals surface area contributed by atoms with Gasteiger partial charge in [0.25, 0.3) is 0 Å². The van der Waals surface area contributed by atoms with Crippen molar-refractivity contribution in [3.63, 3.8) is 0 Å². The van der Waals surface area contributed by atoms with Gasteiger partial charge in [-0.25, -0.2) is 4.79 Å². The molecule has 4 heteroatoms. The van der Waals surface area contributed by atoms with E-state index in [0.717, 1.165) is 12.2 Å². The topological polar surface area (TPSA) is 55.8 Å². The normalized spacial score (nSPS) is 22.1.